The SMILES string of the molecule is Cc1ncc(C2(C#N)CC(=O)C2)s1. The molecular formula is C9H8N2OS. The van der Waals surface area contributed by atoms with E-state index in [0.29, 0.717) is 12.8 Å². The summed E-state index contributed by atoms with van der Waals surface area (Å²) in [6.07, 6.45) is 2.45. The monoisotopic (exact) mass is 192 g/mol. The van der Waals surface area contributed by atoms with Crippen LogP contribution in [0.4, 0.5) is 0 Å². The lowest BCUT2D eigenvalue weighted by atomic mass is 9.68. The molecule has 1 saturated carbocycles. The maximum Gasteiger partial charge on any atom is 0.136 e. The molecule has 0 spiro atoms. The summed E-state index contributed by atoms with van der Waals surface area (Å²) in [6.45, 7) is 1.90. The third kappa shape index (κ3) is 1.16. The van der Waals surface area contributed by atoms with E-state index in [1.165, 1.54) is 11.3 Å². The van der Waals surface area contributed by atoms with Crippen molar-refractivity contribution in [3.63, 3.8) is 0 Å². The van der Waals surface area contributed by atoms with Crippen LogP contribution in [0.3, 0.4) is 0 Å². The van der Waals surface area contributed by atoms with Crippen molar-refractivity contribution in [1.29, 1.82) is 5.26 Å². The van der Waals surface area contributed by atoms with Gasteiger partial charge in [-0.05, 0) is 6.92 Å². The fraction of sp³-hybridized carbons (Fsp3) is 0.444. The van der Waals surface area contributed by atoms with Crippen molar-refractivity contribution < 1.29 is 4.79 Å². The predicted octanol–water partition coefficient (Wildman–Crippen LogP) is 1.58. The standard InChI is InChI=1S/C9H8N2OS/c1-6-11-4-8(13-6)9(5-10)2-7(12)3-9/h4H,2-3H2,1H3. The lowest BCUT2D eigenvalue weighted by Crippen LogP contribution is -2.39. The van der Waals surface area contributed by atoms with Gasteiger partial charge in [0.1, 0.15) is 11.2 Å². The third-order valence-electron chi connectivity index (χ3n) is 2.30. The Kier molecular flexibility index (Phi) is 1.70. The molecule has 0 amide bonds. The lowest BCUT2D eigenvalue weighted by Gasteiger charge is -2.31. The van der Waals surface area contributed by atoms with Crippen LogP contribution in [0.5, 0.6) is 0 Å². The molecule has 2 rings (SSSR count). The normalized spacial score (nSPS) is 19.2. The molecule has 0 bridgehead atoms. The summed E-state index contributed by atoms with van der Waals surface area (Å²) in [5.41, 5.74) is -0.539. The van der Waals surface area contributed by atoms with Crippen molar-refractivity contribution in [3.8, 4) is 6.07 Å². The summed E-state index contributed by atoms with van der Waals surface area (Å²) in [6, 6.07) is 2.22. The van der Waals surface area contributed by atoms with Crippen molar-refractivity contribution in [2.24, 2.45) is 0 Å². The van der Waals surface area contributed by atoms with Crippen LogP contribution < -0.4 is 0 Å². The van der Waals surface area contributed by atoms with Crippen LogP contribution in [0.25, 0.3) is 0 Å². The summed E-state index contributed by atoms with van der Waals surface area (Å²) >= 11 is 1.51. The Morgan fingerprint density at radius 3 is 2.77 bits per heavy atom. The van der Waals surface area contributed by atoms with E-state index in [1.807, 2.05) is 6.92 Å². The summed E-state index contributed by atoms with van der Waals surface area (Å²) in [5, 5.41) is 9.94. The van der Waals surface area contributed by atoms with E-state index in [1.54, 1.807) is 6.20 Å². The number of carbonyl (C=O) groups excluding carboxylic acids is 1. The minimum absolute atomic E-state index is 0.174. The van der Waals surface area contributed by atoms with E-state index in [0.717, 1.165) is 9.88 Å². The number of hydrogen-bond acceptors (Lipinski definition) is 4. The first-order valence-corrected chi connectivity index (χ1v) is 4.84. The fourth-order valence-corrected chi connectivity index (χ4v) is 2.43. The number of thiazole rings is 1. The average Bonchev–Trinajstić information content (AvgIpc) is 2.46. The van der Waals surface area contributed by atoms with E-state index in [2.05, 4.69) is 11.1 Å². The maximum absolute atomic E-state index is 10.9. The second-order valence-corrected chi connectivity index (χ2v) is 4.56. The topological polar surface area (TPSA) is 53.8 Å². The van der Waals surface area contributed by atoms with Gasteiger partial charge in [-0.25, -0.2) is 4.98 Å². The summed E-state index contributed by atoms with van der Waals surface area (Å²) in [7, 11) is 0. The molecule has 1 aromatic heterocycles. The Hall–Kier alpha value is -1.21. The van der Waals surface area contributed by atoms with Gasteiger partial charge in [-0.2, -0.15) is 5.26 Å². The minimum atomic E-state index is -0.539. The summed E-state index contributed by atoms with van der Waals surface area (Å²) < 4.78 is 0. The van der Waals surface area contributed by atoms with Crippen LogP contribution in [-0.4, -0.2) is 10.8 Å². The maximum atomic E-state index is 10.9. The van der Waals surface area contributed by atoms with Crippen LogP contribution in [0, 0.1) is 18.3 Å². The first-order valence-electron chi connectivity index (χ1n) is 4.02. The van der Waals surface area contributed by atoms with Crippen molar-refractivity contribution in [2.75, 3.05) is 0 Å². The van der Waals surface area contributed by atoms with Crippen LogP contribution in [-0.2, 0) is 10.2 Å². The first kappa shape index (κ1) is 8.39. The van der Waals surface area contributed by atoms with Gasteiger partial charge in [0, 0.05) is 23.9 Å². The van der Waals surface area contributed by atoms with Gasteiger partial charge >= 0.3 is 0 Å². The smallest absolute Gasteiger partial charge is 0.136 e. The highest BCUT2D eigenvalue weighted by Crippen LogP contribution is 2.42. The second kappa shape index (κ2) is 2.64. The molecule has 66 valence electrons. The molecule has 0 atom stereocenters. The zero-order valence-electron chi connectivity index (χ0n) is 7.20. The van der Waals surface area contributed by atoms with E-state index in [-0.39, 0.29) is 5.78 Å². The molecule has 1 aliphatic rings. The largest absolute Gasteiger partial charge is 0.300 e. The van der Waals surface area contributed by atoms with Crippen LogP contribution in [0.1, 0.15) is 22.7 Å². The number of nitrogens with zero attached hydrogens (tertiary/aromatic N) is 2. The Bertz CT molecular complexity index is 394. The highest BCUT2D eigenvalue weighted by Gasteiger charge is 2.46. The molecule has 0 N–H and O–H groups in total. The Morgan fingerprint density at radius 1 is 1.69 bits per heavy atom. The molecular weight excluding hydrogens is 184 g/mol. The number of carbonyl (C=O) groups is 1. The summed E-state index contributed by atoms with van der Waals surface area (Å²) in [5.74, 6) is 0.174. The highest BCUT2D eigenvalue weighted by atomic mass is 32.1. The third-order valence-corrected chi connectivity index (χ3v) is 3.42. The van der Waals surface area contributed by atoms with Gasteiger partial charge < -0.3 is 0 Å². The number of aryl methyl sites for hydroxylation is 1. The zero-order valence-corrected chi connectivity index (χ0v) is 8.02. The number of aromatic nitrogens is 1. The minimum Gasteiger partial charge on any atom is -0.300 e. The quantitative estimate of drug-likeness (QED) is 0.678. The Morgan fingerprint density at radius 2 is 2.38 bits per heavy atom. The van der Waals surface area contributed by atoms with Gasteiger partial charge in [0.05, 0.1) is 11.1 Å². The molecule has 3 nitrogen and oxygen atoms in total. The number of Topliss-reactive ketones (excluding diaryl/α,β-unsaturated/α-hetero) is 1. The Labute approximate surface area is 80.0 Å². The van der Waals surface area contributed by atoms with Crippen LogP contribution in [0.2, 0.25) is 0 Å². The average molecular weight is 192 g/mol. The van der Waals surface area contributed by atoms with Crippen molar-refractivity contribution in [1.82, 2.24) is 4.98 Å². The number of rotatable bonds is 1. The second-order valence-electron chi connectivity index (χ2n) is 3.33. The van der Waals surface area contributed by atoms with Crippen LogP contribution >= 0.6 is 11.3 Å². The molecule has 0 unspecified atom stereocenters. The summed E-state index contributed by atoms with van der Waals surface area (Å²) in [4.78, 5) is 15.9. The molecule has 1 fully saturated rings. The van der Waals surface area contributed by atoms with Gasteiger partial charge in [-0.3, -0.25) is 4.79 Å². The van der Waals surface area contributed by atoms with Crippen molar-refractivity contribution in [3.05, 3.63) is 16.1 Å². The van der Waals surface area contributed by atoms with Gasteiger partial charge in [0.2, 0.25) is 0 Å². The van der Waals surface area contributed by atoms with E-state index in [9.17, 15) is 4.79 Å². The molecule has 0 saturated heterocycles. The molecule has 1 aliphatic carbocycles. The van der Waals surface area contributed by atoms with Crippen LogP contribution in [0.15, 0.2) is 6.20 Å². The molecule has 0 aromatic carbocycles. The van der Waals surface area contributed by atoms with E-state index >= 15 is 0 Å². The number of hydrogen-bond donors (Lipinski definition) is 0. The number of ketones is 1. The zero-order chi connectivity index (χ0) is 9.47. The van der Waals surface area contributed by atoms with Gasteiger partial charge in [-0.15, -0.1) is 11.3 Å². The van der Waals surface area contributed by atoms with E-state index < -0.39 is 5.41 Å². The molecule has 1 heterocycles. The molecule has 0 radical (unpaired) electrons. The Balaban J connectivity index is 2.35. The molecule has 4 heteroatoms. The lowest BCUT2D eigenvalue weighted by molar-refractivity contribution is -0.126. The molecule has 0 aliphatic heterocycles. The molecule has 1 aromatic rings. The van der Waals surface area contributed by atoms with Gasteiger partial charge in [0.25, 0.3) is 0 Å². The van der Waals surface area contributed by atoms with Gasteiger partial charge in [0.15, 0.2) is 0 Å². The van der Waals surface area contributed by atoms with Crippen molar-refractivity contribution >= 4 is 17.1 Å². The first-order chi connectivity index (χ1) is 6.16. The van der Waals surface area contributed by atoms with Gasteiger partial charge in [-0.1, -0.05) is 0 Å². The molecule has 13 heavy (non-hydrogen) atoms. The number of nitriles is 1. The van der Waals surface area contributed by atoms with E-state index in [4.69, 9.17) is 5.26 Å². The highest BCUT2D eigenvalue weighted by molar-refractivity contribution is 7.11. The van der Waals surface area contributed by atoms with Crippen molar-refractivity contribution in [2.45, 2.75) is 25.2 Å². The predicted molar refractivity (Wildman–Crippen MR) is 48.4 cm³/mol. The fourth-order valence-electron chi connectivity index (χ4n) is 1.51.